The number of sulfonamides is 1. The topological polar surface area (TPSA) is 69.9 Å². The average Bonchev–Trinajstić information content (AvgIpc) is 3.11. The number of halogens is 1. The summed E-state index contributed by atoms with van der Waals surface area (Å²) in [4.78, 5) is 0.352. The summed E-state index contributed by atoms with van der Waals surface area (Å²) < 4.78 is 42.4. The van der Waals surface area contributed by atoms with E-state index in [2.05, 4.69) is 4.40 Å². The normalized spacial score (nSPS) is 12.8. The summed E-state index contributed by atoms with van der Waals surface area (Å²) in [7, 11) is 1.04. The number of hydrogen-bond donors (Lipinski definition) is 0. The number of thiazole rings is 1. The van der Waals surface area contributed by atoms with Gasteiger partial charge in [-0.1, -0.05) is 22.9 Å². The van der Waals surface area contributed by atoms with Gasteiger partial charge in [0.15, 0.2) is 11.5 Å². The molecule has 0 fully saturated rings. The first-order valence-corrected chi connectivity index (χ1v) is 10.1. The average molecular weight is 405 g/mol. The Kier molecular flexibility index (Phi) is 4.60. The number of fused-ring (bicyclic) bond motifs is 1. The number of benzene rings is 1. The van der Waals surface area contributed by atoms with Gasteiger partial charge >= 0.3 is 0 Å². The molecule has 0 aliphatic carbocycles. The summed E-state index contributed by atoms with van der Waals surface area (Å²) in [5.74, 6) is 1.14. The number of aryl methyl sites for hydroxylation is 1. The van der Waals surface area contributed by atoms with Crippen LogP contribution in [0.1, 0.15) is 0 Å². The smallest absolute Gasteiger partial charge is 0.294 e. The number of rotatable bonds is 4. The molecule has 0 bridgehead atoms. The molecule has 0 atom stereocenters. The van der Waals surface area contributed by atoms with Gasteiger partial charge in [0.2, 0.25) is 4.80 Å². The highest BCUT2D eigenvalue weighted by Gasteiger charge is 2.17. The van der Waals surface area contributed by atoms with Crippen molar-refractivity contribution in [1.82, 2.24) is 4.57 Å². The molecular formula is C14H13ClN2O4S3. The standard InChI is InChI=1S/C14H13ClN2O4S3/c1-17-8-6-9(20-2)10(21-3)7-11(8)22-14(17)16-24(18,19)13-5-4-12(15)23-13/h4-7H,1-3H3. The molecular weight excluding hydrogens is 392 g/mol. The minimum absolute atomic E-state index is 0.111. The van der Waals surface area contributed by atoms with E-state index >= 15 is 0 Å². The summed E-state index contributed by atoms with van der Waals surface area (Å²) >= 11 is 8.05. The lowest BCUT2D eigenvalue weighted by molar-refractivity contribution is 0.356. The van der Waals surface area contributed by atoms with Crippen molar-refractivity contribution in [2.45, 2.75) is 4.21 Å². The summed E-state index contributed by atoms with van der Waals surface area (Å²) in [6.07, 6.45) is 0. The maximum atomic E-state index is 12.4. The third-order valence-corrected chi connectivity index (χ3v) is 7.49. The van der Waals surface area contributed by atoms with Gasteiger partial charge in [0.25, 0.3) is 10.0 Å². The highest BCUT2D eigenvalue weighted by atomic mass is 35.5. The zero-order valence-electron chi connectivity index (χ0n) is 12.9. The van der Waals surface area contributed by atoms with Crippen molar-refractivity contribution in [2.24, 2.45) is 11.4 Å². The maximum Gasteiger partial charge on any atom is 0.294 e. The maximum absolute atomic E-state index is 12.4. The second kappa shape index (κ2) is 6.40. The van der Waals surface area contributed by atoms with Gasteiger partial charge in [-0.2, -0.15) is 8.42 Å². The van der Waals surface area contributed by atoms with Gasteiger partial charge in [-0.3, -0.25) is 0 Å². The molecule has 0 amide bonds. The zero-order chi connectivity index (χ0) is 17.5. The van der Waals surface area contributed by atoms with Crippen molar-refractivity contribution in [1.29, 1.82) is 0 Å². The molecule has 3 aromatic rings. The SMILES string of the molecule is COc1cc2sc(=NS(=O)(=O)c3ccc(Cl)s3)n(C)c2cc1OC. The Morgan fingerprint density at radius 1 is 1.12 bits per heavy atom. The quantitative estimate of drug-likeness (QED) is 0.669. The van der Waals surface area contributed by atoms with E-state index in [1.165, 1.54) is 23.5 Å². The predicted molar refractivity (Wildman–Crippen MR) is 96.0 cm³/mol. The van der Waals surface area contributed by atoms with Crippen molar-refractivity contribution in [3.05, 3.63) is 33.4 Å². The van der Waals surface area contributed by atoms with Gasteiger partial charge in [0.1, 0.15) is 4.21 Å². The van der Waals surface area contributed by atoms with E-state index in [1.54, 1.807) is 38.0 Å². The molecule has 1 aromatic carbocycles. The molecule has 3 rings (SSSR count). The molecule has 0 N–H and O–H groups in total. The molecule has 0 saturated heterocycles. The summed E-state index contributed by atoms with van der Waals surface area (Å²) in [5.41, 5.74) is 0.802. The first-order chi connectivity index (χ1) is 11.4. The first-order valence-electron chi connectivity index (χ1n) is 6.63. The van der Waals surface area contributed by atoms with Crippen molar-refractivity contribution in [3.63, 3.8) is 0 Å². The summed E-state index contributed by atoms with van der Waals surface area (Å²) in [6.45, 7) is 0. The molecule has 0 aliphatic heterocycles. The van der Waals surface area contributed by atoms with Gasteiger partial charge in [0.05, 0.1) is 28.8 Å². The third-order valence-electron chi connectivity index (χ3n) is 3.32. The fraction of sp³-hybridized carbons (Fsp3) is 0.214. The number of ether oxygens (including phenoxy) is 2. The highest BCUT2D eigenvalue weighted by molar-refractivity contribution is 7.92. The number of thiophene rings is 1. The Balaban J connectivity index is 2.21. The second-order valence-corrected chi connectivity index (χ2v) is 9.30. The molecule has 24 heavy (non-hydrogen) atoms. The van der Waals surface area contributed by atoms with E-state index in [0.717, 1.165) is 21.6 Å². The largest absolute Gasteiger partial charge is 0.493 e. The molecule has 128 valence electrons. The fourth-order valence-electron chi connectivity index (χ4n) is 2.13. The van der Waals surface area contributed by atoms with Crippen LogP contribution in [-0.4, -0.2) is 27.2 Å². The molecule has 0 unspecified atom stereocenters. The number of nitrogens with zero attached hydrogens (tertiary/aromatic N) is 2. The number of hydrogen-bond acceptors (Lipinski definition) is 6. The Hall–Kier alpha value is -1.55. The Bertz CT molecular complexity index is 1080. The van der Waals surface area contributed by atoms with Gasteiger partial charge in [-0.05, 0) is 12.1 Å². The van der Waals surface area contributed by atoms with Crippen LogP contribution in [0.3, 0.4) is 0 Å². The Morgan fingerprint density at radius 2 is 1.79 bits per heavy atom. The van der Waals surface area contributed by atoms with Crippen molar-refractivity contribution in [3.8, 4) is 11.5 Å². The van der Waals surface area contributed by atoms with Crippen molar-refractivity contribution in [2.75, 3.05) is 14.2 Å². The van der Waals surface area contributed by atoms with Crippen molar-refractivity contribution < 1.29 is 17.9 Å². The van der Waals surface area contributed by atoms with Crippen LogP contribution >= 0.6 is 34.3 Å². The molecule has 2 aromatic heterocycles. The summed E-state index contributed by atoms with van der Waals surface area (Å²) in [5, 5.41) is 0. The molecule has 0 saturated carbocycles. The second-order valence-electron chi connectivity index (χ2n) is 4.74. The molecule has 0 spiro atoms. The van der Waals surface area contributed by atoms with Crippen LogP contribution < -0.4 is 14.3 Å². The molecule has 0 radical (unpaired) electrons. The van der Waals surface area contributed by atoms with Crippen LogP contribution in [0.4, 0.5) is 0 Å². The fourth-order valence-corrected chi connectivity index (χ4v) is 5.84. The van der Waals surface area contributed by atoms with Crippen LogP contribution in [0.2, 0.25) is 4.34 Å². The van der Waals surface area contributed by atoms with E-state index in [0.29, 0.717) is 20.6 Å². The lowest BCUT2D eigenvalue weighted by atomic mass is 10.3. The van der Waals surface area contributed by atoms with E-state index in [-0.39, 0.29) is 4.21 Å². The van der Waals surface area contributed by atoms with Crippen LogP contribution in [0, 0.1) is 0 Å². The third kappa shape index (κ3) is 3.04. The highest BCUT2D eigenvalue weighted by Crippen LogP contribution is 2.33. The summed E-state index contributed by atoms with van der Waals surface area (Å²) in [6, 6.07) is 6.57. The van der Waals surface area contributed by atoms with E-state index in [1.807, 2.05) is 0 Å². The zero-order valence-corrected chi connectivity index (χ0v) is 16.1. The van der Waals surface area contributed by atoms with Gasteiger partial charge in [-0.15, -0.1) is 15.7 Å². The van der Waals surface area contributed by atoms with Gasteiger partial charge < -0.3 is 14.0 Å². The number of methoxy groups -OCH3 is 2. The Labute approximate surface area is 151 Å². The van der Waals surface area contributed by atoms with Gasteiger partial charge in [0, 0.05) is 19.2 Å². The minimum Gasteiger partial charge on any atom is -0.493 e. The first kappa shape index (κ1) is 17.3. The molecule has 10 heteroatoms. The number of aromatic nitrogens is 1. The van der Waals surface area contributed by atoms with E-state index in [4.69, 9.17) is 21.1 Å². The molecule has 0 aliphatic rings. The van der Waals surface area contributed by atoms with E-state index in [9.17, 15) is 8.42 Å². The predicted octanol–water partition coefficient (Wildman–Crippen LogP) is 3.26. The van der Waals surface area contributed by atoms with E-state index < -0.39 is 10.0 Å². The van der Waals surface area contributed by atoms with Crippen molar-refractivity contribution >= 4 is 54.5 Å². The van der Waals surface area contributed by atoms with Crippen LogP contribution in [0.5, 0.6) is 11.5 Å². The Morgan fingerprint density at radius 3 is 2.38 bits per heavy atom. The molecule has 2 heterocycles. The lowest BCUT2D eigenvalue weighted by Crippen LogP contribution is -2.13. The monoisotopic (exact) mass is 404 g/mol. The van der Waals surface area contributed by atoms with Crippen LogP contribution in [-0.2, 0) is 17.1 Å². The molecule has 6 nitrogen and oxygen atoms in total. The minimum atomic E-state index is -3.81. The van der Waals surface area contributed by atoms with Crippen LogP contribution in [0.25, 0.3) is 10.2 Å². The lowest BCUT2D eigenvalue weighted by Gasteiger charge is -2.07. The van der Waals surface area contributed by atoms with Crippen LogP contribution in [0.15, 0.2) is 32.9 Å². The van der Waals surface area contributed by atoms with Gasteiger partial charge in [-0.25, -0.2) is 0 Å².